The average molecular weight is 228 g/mol. The number of anilines is 1. The molecular weight excluding hydrogens is 220 g/mol. The van der Waals surface area contributed by atoms with Crippen LogP contribution in [0.5, 0.6) is 0 Å². The van der Waals surface area contributed by atoms with E-state index in [2.05, 4.69) is 15.2 Å². The number of nitrogens with one attached hydrogen (secondary N) is 1. The summed E-state index contributed by atoms with van der Waals surface area (Å²) in [4.78, 5) is 6.50. The van der Waals surface area contributed by atoms with Gasteiger partial charge in [-0.2, -0.15) is 0 Å². The van der Waals surface area contributed by atoms with E-state index in [1.165, 1.54) is 11.3 Å². The molecule has 0 spiro atoms. The molecule has 0 aromatic carbocycles. The Labute approximate surface area is 89.4 Å². The number of rotatable bonds is 2. The Bertz CT molecular complexity index is 484. The van der Waals surface area contributed by atoms with Gasteiger partial charge in [-0.25, -0.2) is 10.1 Å². The smallest absolute Gasteiger partial charge is 0.284 e. The zero-order valence-corrected chi connectivity index (χ0v) is 9.28. The van der Waals surface area contributed by atoms with E-state index in [0.717, 1.165) is 5.13 Å². The van der Waals surface area contributed by atoms with Gasteiger partial charge in [0.1, 0.15) is 5.69 Å². The van der Waals surface area contributed by atoms with Gasteiger partial charge >= 0.3 is 0 Å². The molecule has 2 heterocycles. The molecule has 5 nitrogen and oxygen atoms in total. The Hall–Kier alpha value is -1.21. The van der Waals surface area contributed by atoms with Crippen LogP contribution in [0.2, 0.25) is 0 Å². The second-order valence-corrected chi connectivity index (χ2v) is 4.04. The fraction of sp³-hybridized carbons (Fsp3) is 0.286. The number of nitrogens with zero attached hydrogens (tertiary/aromatic N) is 3. The average Bonchev–Trinajstić information content (AvgIpc) is 2.70. The van der Waals surface area contributed by atoms with E-state index in [9.17, 15) is 0 Å². The molecule has 7 heteroatoms. The fourth-order valence-electron chi connectivity index (χ4n) is 0.907. The van der Waals surface area contributed by atoms with Crippen molar-refractivity contribution >= 4 is 28.7 Å². The predicted octanol–water partition coefficient (Wildman–Crippen LogP) is 1.92. The molecule has 0 fully saturated rings. The normalized spacial score (nSPS) is 10.4. The third-order valence-electron chi connectivity index (χ3n) is 1.53. The quantitative estimate of drug-likeness (QED) is 0.796. The summed E-state index contributed by atoms with van der Waals surface area (Å²) < 4.78 is 5.14. The molecule has 1 N–H and O–H groups in total. The van der Waals surface area contributed by atoms with Crippen LogP contribution in [-0.2, 0) is 0 Å². The number of thiazole rings is 1. The Morgan fingerprint density at radius 1 is 1.57 bits per heavy atom. The molecule has 0 unspecified atom stereocenters. The number of H-pyrrole nitrogens is 1. The first-order valence-electron chi connectivity index (χ1n) is 3.85. The zero-order chi connectivity index (χ0) is 10.1. The molecule has 0 aliphatic rings. The molecule has 2 aromatic heterocycles. The molecule has 2 rings (SSSR count). The van der Waals surface area contributed by atoms with Crippen molar-refractivity contribution in [1.29, 1.82) is 0 Å². The van der Waals surface area contributed by atoms with Crippen LogP contribution >= 0.6 is 23.6 Å². The molecule has 0 aliphatic heterocycles. The summed E-state index contributed by atoms with van der Waals surface area (Å²) in [6, 6.07) is 0. The first-order chi connectivity index (χ1) is 6.66. The summed E-state index contributed by atoms with van der Waals surface area (Å²) in [5.74, 6) is 0.430. The van der Waals surface area contributed by atoms with Crippen molar-refractivity contribution in [3.63, 3.8) is 0 Å². The highest BCUT2D eigenvalue weighted by molar-refractivity contribution is 7.71. The lowest BCUT2D eigenvalue weighted by atomic mass is 10.5. The van der Waals surface area contributed by atoms with E-state index in [1.807, 2.05) is 24.4 Å². The topological polar surface area (TPSA) is 58.0 Å². The summed E-state index contributed by atoms with van der Waals surface area (Å²) in [5, 5.41) is 9.23. The van der Waals surface area contributed by atoms with Crippen LogP contribution in [0.15, 0.2) is 9.80 Å². The van der Waals surface area contributed by atoms with Crippen LogP contribution < -0.4 is 4.90 Å². The Morgan fingerprint density at radius 2 is 2.36 bits per heavy atom. The van der Waals surface area contributed by atoms with Gasteiger partial charge in [0.25, 0.3) is 10.7 Å². The molecule has 0 bridgehead atoms. The van der Waals surface area contributed by atoms with Crippen LogP contribution in [0.25, 0.3) is 11.6 Å². The zero-order valence-electron chi connectivity index (χ0n) is 7.64. The van der Waals surface area contributed by atoms with E-state index in [1.54, 1.807) is 0 Å². The van der Waals surface area contributed by atoms with Crippen LogP contribution in [-0.4, -0.2) is 29.3 Å². The van der Waals surface area contributed by atoms with Crippen LogP contribution in [0, 0.1) is 4.84 Å². The maximum absolute atomic E-state index is 5.14. The second kappa shape index (κ2) is 3.50. The van der Waals surface area contributed by atoms with Crippen molar-refractivity contribution in [2.75, 3.05) is 19.0 Å². The maximum atomic E-state index is 5.14. The van der Waals surface area contributed by atoms with Gasteiger partial charge in [0.2, 0.25) is 0 Å². The minimum atomic E-state index is 0.263. The van der Waals surface area contributed by atoms with Gasteiger partial charge in [-0.1, -0.05) is 0 Å². The standard InChI is InChI=1S/C7H8N4OS2/c1-11(2)6-8-4(3-14-6)5-9-10-7(13)12-5/h3H,1-2H3,(H,10,13). The van der Waals surface area contributed by atoms with E-state index in [0.29, 0.717) is 11.6 Å². The third kappa shape index (κ3) is 1.68. The van der Waals surface area contributed by atoms with Crippen molar-refractivity contribution in [3.8, 4) is 11.6 Å². The van der Waals surface area contributed by atoms with Crippen molar-refractivity contribution < 1.29 is 4.42 Å². The minimum absolute atomic E-state index is 0.263. The van der Waals surface area contributed by atoms with Gasteiger partial charge in [-0.05, 0) is 12.2 Å². The summed E-state index contributed by atoms with van der Waals surface area (Å²) in [5.41, 5.74) is 0.700. The van der Waals surface area contributed by atoms with Gasteiger partial charge in [-0.15, -0.1) is 16.4 Å². The highest BCUT2D eigenvalue weighted by Gasteiger charge is 2.09. The van der Waals surface area contributed by atoms with Gasteiger partial charge in [-0.3, -0.25) is 0 Å². The first-order valence-corrected chi connectivity index (χ1v) is 5.14. The number of hydrogen-bond donors (Lipinski definition) is 1. The van der Waals surface area contributed by atoms with Crippen LogP contribution in [0.4, 0.5) is 5.13 Å². The Balaban J connectivity index is 2.38. The Morgan fingerprint density at radius 3 is 2.86 bits per heavy atom. The molecule has 0 radical (unpaired) electrons. The maximum Gasteiger partial charge on any atom is 0.284 e. The molecule has 0 saturated carbocycles. The van der Waals surface area contributed by atoms with Gasteiger partial charge in [0.05, 0.1) is 0 Å². The van der Waals surface area contributed by atoms with Gasteiger partial charge in [0, 0.05) is 19.5 Å². The first kappa shape index (κ1) is 9.35. The summed E-state index contributed by atoms with van der Waals surface area (Å²) >= 11 is 6.30. The highest BCUT2D eigenvalue weighted by Crippen LogP contribution is 2.24. The van der Waals surface area contributed by atoms with Crippen molar-refractivity contribution in [1.82, 2.24) is 15.2 Å². The number of aromatic nitrogens is 3. The van der Waals surface area contributed by atoms with E-state index >= 15 is 0 Å². The monoisotopic (exact) mass is 228 g/mol. The van der Waals surface area contributed by atoms with E-state index in [4.69, 9.17) is 16.6 Å². The lowest BCUT2D eigenvalue weighted by Gasteiger charge is -2.04. The van der Waals surface area contributed by atoms with Crippen LogP contribution in [0.3, 0.4) is 0 Å². The summed E-state index contributed by atoms with van der Waals surface area (Å²) in [7, 11) is 3.87. The molecule has 0 atom stereocenters. The van der Waals surface area contributed by atoms with E-state index < -0.39 is 0 Å². The molecule has 14 heavy (non-hydrogen) atoms. The summed E-state index contributed by atoms with van der Waals surface area (Å²) in [6.45, 7) is 0. The lowest BCUT2D eigenvalue weighted by Crippen LogP contribution is -2.07. The molecule has 74 valence electrons. The number of hydrogen-bond acceptors (Lipinski definition) is 6. The van der Waals surface area contributed by atoms with Crippen molar-refractivity contribution in [2.24, 2.45) is 0 Å². The van der Waals surface area contributed by atoms with Crippen molar-refractivity contribution in [2.45, 2.75) is 0 Å². The molecule has 2 aromatic rings. The van der Waals surface area contributed by atoms with Gasteiger partial charge in [0.15, 0.2) is 5.13 Å². The fourth-order valence-corrected chi connectivity index (χ4v) is 1.76. The van der Waals surface area contributed by atoms with E-state index in [-0.39, 0.29) is 4.84 Å². The predicted molar refractivity (Wildman–Crippen MR) is 57.1 cm³/mol. The molecule has 0 aliphatic carbocycles. The summed E-state index contributed by atoms with van der Waals surface area (Å²) in [6.07, 6.45) is 0. The second-order valence-electron chi connectivity index (χ2n) is 2.83. The van der Waals surface area contributed by atoms with Crippen molar-refractivity contribution in [3.05, 3.63) is 10.2 Å². The Kier molecular flexibility index (Phi) is 2.34. The molecule has 0 amide bonds. The highest BCUT2D eigenvalue weighted by atomic mass is 32.1. The SMILES string of the molecule is CN(C)c1nc(-c2n[nH]c(=S)o2)cs1. The third-order valence-corrected chi connectivity index (χ3v) is 2.71. The van der Waals surface area contributed by atoms with Gasteiger partial charge < -0.3 is 9.32 Å². The minimum Gasteiger partial charge on any atom is -0.408 e. The molecule has 0 saturated heterocycles. The number of aromatic amines is 1. The lowest BCUT2D eigenvalue weighted by molar-refractivity contribution is 0.550. The molecular formula is C7H8N4OS2. The van der Waals surface area contributed by atoms with Crippen LogP contribution in [0.1, 0.15) is 0 Å². The largest absolute Gasteiger partial charge is 0.408 e.